The van der Waals surface area contributed by atoms with Crippen molar-refractivity contribution in [2.24, 2.45) is 0 Å². The largest absolute Gasteiger partial charge is 0.273 e. The molecule has 54 valence electrons. The topological polar surface area (TPSA) is 17.1 Å². The highest BCUT2D eigenvalue weighted by molar-refractivity contribution is 9.28. The van der Waals surface area contributed by atoms with E-state index in [9.17, 15) is 4.79 Å². The molecule has 0 heterocycles. The van der Waals surface area contributed by atoms with E-state index < -0.39 is 0 Å². The third-order valence-corrected chi connectivity index (χ3v) is 7.23. The van der Waals surface area contributed by atoms with E-state index in [4.69, 9.17) is 0 Å². The number of carbonyl (C=O) groups is 1. The van der Waals surface area contributed by atoms with Crippen LogP contribution in [0.25, 0.3) is 0 Å². The van der Waals surface area contributed by atoms with Crippen molar-refractivity contribution in [3.05, 3.63) is 0 Å². The lowest BCUT2D eigenvalue weighted by Gasteiger charge is -1.91. The van der Waals surface area contributed by atoms with Crippen LogP contribution in [-0.2, 0) is 0 Å². The molecule has 0 bridgehead atoms. The average Bonchev–Trinajstić information content (AvgIpc) is 1.89. The highest BCUT2D eigenvalue weighted by atomic mass is 33.7. The van der Waals surface area contributed by atoms with Crippen molar-refractivity contribution in [3.63, 3.8) is 0 Å². The Hall–Kier alpha value is 1.42. The predicted molar refractivity (Wildman–Crippen MR) is 55.2 cm³/mol. The van der Waals surface area contributed by atoms with Gasteiger partial charge >= 0.3 is 0 Å². The van der Waals surface area contributed by atoms with Crippen LogP contribution in [-0.4, -0.2) is 17.0 Å². The molecule has 0 saturated carbocycles. The van der Waals surface area contributed by atoms with Gasteiger partial charge in [-0.15, -0.1) is 0 Å². The van der Waals surface area contributed by atoms with Crippen LogP contribution in [0.2, 0.25) is 0 Å². The van der Waals surface area contributed by atoms with E-state index >= 15 is 0 Å². The molecule has 0 radical (unpaired) electrons. The van der Waals surface area contributed by atoms with E-state index in [0.717, 1.165) is 0 Å². The van der Waals surface area contributed by atoms with Crippen molar-refractivity contribution in [3.8, 4) is 0 Å². The summed E-state index contributed by atoms with van der Waals surface area (Å²) in [5.41, 5.74) is 0. The molecule has 0 aromatic heterocycles. The van der Waals surface area contributed by atoms with Gasteiger partial charge in [-0.1, -0.05) is 22.6 Å². The first-order chi connectivity index (χ1) is 4.31. The van der Waals surface area contributed by atoms with Gasteiger partial charge < -0.3 is 0 Å². The van der Waals surface area contributed by atoms with Gasteiger partial charge in [0, 0.05) is 10.8 Å². The first-order valence-electron chi connectivity index (χ1n) is 1.93. The lowest BCUT2D eigenvalue weighted by molar-refractivity contribution is 0.277. The van der Waals surface area contributed by atoms with Crippen LogP contribution >= 0.6 is 53.0 Å². The van der Waals surface area contributed by atoms with Crippen molar-refractivity contribution >= 4 is 57.4 Å². The van der Waals surface area contributed by atoms with Gasteiger partial charge in [0.25, 0.3) is 4.45 Å². The quantitative estimate of drug-likeness (QED) is 0.526. The predicted octanol–water partition coefficient (Wildman–Crippen LogP) is 3.78. The average molecular weight is 218 g/mol. The van der Waals surface area contributed by atoms with Crippen molar-refractivity contribution in [2.45, 2.75) is 0 Å². The molecule has 0 rings (SSSR count). The van der Waals surface area contributed by atoms with Gasteiger partial charge in [0.1, 0.15) is 0 Å². The second kappa shape index (κ2) is 7.53. The Morgan fingerprint density at radius 3 is 2.33 bits per heavy atom. The van der Waals surface area contributed by atoms with Crippen LogP contribution in [0.15, 0.2) is 0 Å². The Morgan fingerprint density at radius 1 is 1.22 bits per heavy atom. The van der Waals surface area contributed by atoms with E-state index in [1.807, 2.05) is 6.26 Å². The van der Waals surface area contributed by atoms with Crippen molar-refractivity contribution < 1.29 is 4.79 Å². The Morgan fingerprint density at radius 2 is 1.89 bits per heavy atom. The monoisotopic (exact) mass is 218 g/mol. The molecule has 0 unspecified atom stereocenters. The van der Waals surface area contributed by atoms with E-state index in [2.05, 4.69) is 0 Å². The standard InChI is InChI=1S/C3H6OS5/c1-5-3(4)7-9-8-6-2/h1-2H3. The third-order valence-electron chi connectivity index (χ3n) is 0.365. The number of hydrogen-bond donors (Lipinski definition) is 0. The molecule has 0 aliphatic rings. The number of carbonyl (C=O) groups excluding carboxylic acids is 1. The summed E-state index contributed by atoms with van der Waals surface area (Å²) in [5.74, 6) is 0. The fourth-order valence-electron chi connectivity index (χ4n) is 0.103. The fourth-order valence-corrected chi connectivity index (χ4v) is 5.79. The molecular formula is C3H6OS5. The molecule has 0 saturated heterocycles. The summed E-state index contributed by atoms with van der Waals surface area (Å²) in [6.07, 6.45) is 3.78. The molecule has 0 fully saturated rings. The summed E-state index contributed by atoms with van der Waals surface area (Å²) in [6, 6.07) is 0. The molecule has 1 nitrogen and oxygen atoms in total. The number of hydrogen-bond acceptors (Lipinski definition) is 6. The molecule has 9 heavy (non-hydrogen) atoms. The zero-order valence-corrected chi connectivity index (χ0v) is 9.03. The highest BCUT2D eigenvalue weighted by Crippen LogP contribution is 2.43. The molecule has 0 aliphatic heterocycles. The summed E-state index contributed by atoms with van der Waals surface area (Å²) >= 11 is 1.26. The van der Waals surface area contributed by atoms with Crippen LogP contribution < -0.4 is 0 Å². The molecule has 0 aromatic rings. The fraction of sp³-hybridized carbons (Fsp3) is 0.667. The minimum Gasteiger partial charge on any atom is -0.273 e. The number of thioether (sulfide) groups is 1. The first kappa shape index (κ1) is 10.4. The molecular weight excluding hydrogens is 212 g/mol. The molecule has 0 N–H and O–H groups in total. The normalized spacial score (nSPS) is 9.56. The van der Waals surface area contributed by atoms with E-state index in [0.29, 0.717) is 0 Å². The van der Waals surface area contributed by atoms with Gasteiger partial charge in [0.2, 0.25) is 0 Å². The minimum atomic E-state index is 0.168. The summed E-state index contributed by atoms with van der Waals surface area (Å²) < 4.78 is 0.168. The third kappa shape index (κ3) is 7.32. The zero-order chi connectivity index (χ0) is 7.11. The highest BCUT2D eigenvalue weighted by Gasteiger charge is 1.98. The molecule has 6 heteroatoms. The molecule has 0 amide bonds. The van der Waals surface area contributed by atoms with Gasteiger partial charge in [-0.3, -0.25) is 4.79 Å². The van der Waals surface area contributed by atoms with E-state index in [1.165, 1.54) is 32.4 Å². The smallest absolute Gasteiger partial charge is 0.257 e. The van der Waals surface area contributed by atoms with Crippen molar-refractivity contribution in [1.29, 1.82) is 0 Å². The van der Waals surface area contributed by atoms with Crippen LogP contribution in [0.3, 0.4) is 0 Å². The Balaban J connectivity index is 2.97. The summed E-state index contributed by atoms with van der Waals surface area (Å²) in [4.78, 5) is 10.6. The van der Waals surface area contributed by atoms with Gasteiger partial charge in [-0.25, -0.2) is 0 Å². The van der Waals surface area contributed by atoms with E-state index in [1.54, 1.807) is 26.9 Å². The summed E-state index contributed by atoms with van der Waals surface area (Å²) in [5, 5.41) is 0. The zero-order valence-electron chi connectivity index (χ0n) is 4.95. The van der Waals surface area contributed by atoms with Gasteiger partial charge in [-0.2, -0.15) is 0 Å². The second-order valence-electron chi connectivity index (χ2n) is 0.840. The number of rotatable bonds is 3. The minimum absolute atomic E-state index is 0.168. The molecule has 0 aliphatic carbocycles. The van der Waals surface area contributed by atoms with Crippen molar-refractivity contribution in [1.82, 2.24) is 0 Å². The maximum Gasteiger partial charge on any atom is 0.257 e. The molecule has 0 aromatic carbocycles. The maximum absolute atomic E-state index is 10.6. The summed E-state index contributed by atoms with van der Waals surface area (Å²) in [7, 11) is 6.06. The lowest BCUT2D eigenvalue weighted by Crippen LogP contribution is -1.68. The van der Waals surface area contributed by atoms with E-state index in [-0.39, 0.29) is 4.45 Å². The van der Waals surface area contributed by atoms with Crippen LogP contribution in [0, 0.1) is 0 Å². The Labute approximate surface area is 74.4 Å². The van der Waals surface area contributed by atoms with Crippen LogP contribution in [0.1, 0.15) is 0 Å². The van der Waals surface area contributed by atoms with Crippen LogP contribution in [0.5, 0.6) is 0 Å². The van der Waals surface area contributed by atoms with Crippen LogP contribution in [0.4, 0.5) is 4.79 Å². The van der Waals surface area contributed by atoms with Crippen molar-refractivity contribution in [2.75, 3.05) is 12.5 Å². The van der Waals surface area contributed by atoms with Gasteiger partial charge in [0.05, 0.1) is 0 Å². The molecule has 0 atom stereocenters. The van der Waals surface area contributed by atoms with Gasteiger partial charge in [-0.05, 0) is 32.2 Å². The second-order valence-corrected chi connectivity index (χ2v) is 7.79. The lowest BCUT2D eigenvalue weighted by atomic mass is 11.8. The maximum atomic E-state index is 10.6. The molecule has 0 spiro atoms. The first-order valence-corrected chi connectivity index (χ1v) is 8.38. The SMILES string of the molecule is CSSSSC(=O)SC. The van der Waals surface area contributed by atoms with Gasteiger partial charge in [0.15, 0.2) is 0 Å². The summed E-state index contributed by atoms with van der Waals surface area (Å²) in [6.45, 7) is 0. The Kier molecular flexibility index (Phi) is 8.71. The Bertz CT molecular complexity index is 84.3.